The standard InChI is InChI=1S/C27H31F3N4O4.C2H6/c1-27(38-16-23(35)33(3)18-6-4-17(5-7-18)26(36)37)10-12-34(13-11-27)15-22-20(14-32(2)31-22)19-8-9-21(28)25(30)24(19)29;1-2/h4-9,14,19,24H,10-13,15-16H2,1-3H3,(H,36,37);1-2H3. The molecule has 11 heteroatoms. The molecule has 0 bridgehead atoms. The summed E-state index contributed by atoms with van der Waals surface area (Å²) in [6, 6.07) is 6.03. The Morgan fingerprint density at radius 1 is 1.18 bits per heavy atom. The van der Waals surface area contributed by atoms with Crippen LogP contribution in [0, 0.1) is 0 Å². The lowest BCUT2D eigenvalue weighted by Gasteiger charge is -2.39. The van der Waals surface area contributed by atoms with Crippen molar-refractivity contribution in [1.82, 2.24) is 14.7 Å². The second-order valence-corrected chi connectivity index (χ2v) is 10.0. The van der Waals surface area contributed by atoms with Crippen molar-refractivity contribution >= 4 is 17.6 Å². The molecule has 0 saturated carbocycles. The van der Waals surface area contributed by atoms with Gasteiger partial charge in [-0.15, -0.1) is 0 Å². The number of carboxylic acid groups (broad SMARTS) is 1. The highest BCUT2D eigenvalue weighted by Crippen LogP contribution is 2.37. The number of likely N-dealkylation sites (tertiary alicyclic amines) is 1. The number of hydrogen-bond donors (Lipinski definition) is 1. The number of rotatable bonds is 8. The number of piperidine rings is 1. The first-order valence-electron chi connectivity index (χ1n) is 13.3. The Hall–Kier alpha value is -3.44. The van der Waals surface area contributed by atoms with E-state index in [4.69, 9.17) is 9.84 Å². The third-order valence-corrected chi connectivity index (χ3v) is 7.24. The Balaban J connectivity index is 0.00000216. The highest BCUT2D eigenvalue weighted by molar-refractivity contribution is 5.94. The molecule has 4 rings (SSSR count). The molecular formula is C29H37F3N4O4. The maximum atomic E-state index is 14.6. The number of aryl methyl sites for hydroxylation is 1. The molecule has 1 aromatic carbocycles. The Bertz CT molecular complexity index is 1250. The Labute approximate surface area is 232 Å². The monoisotopic (exact) mass is 562 g/mol. The van der Waals surface area contributed by atoms with Crippen LogP contribution in [-0.4, -0.2) is 70.2 Å². The first-order valence-corrected chi connectivity index (χ1v) is 13.3. The molecule has 1 aliphatic carbocycles. The number of hydrogen-bond acceptors (Lipinski definition) is 5. The Morgan fingerprint density at radius 3 is 2.40 bits per heavy atom. The number of carboxylic acids is 1. The van der Waals surface area contributed by atoms with Crippen molar-refractivity contribution in [3.05, 3.63) is 71.1 Å². The number of amides is 1. The SMILES string of the molecule is CC.CN(C(=O)COC1(C)CCN(Cc2nn(C)cc2C2C=CC(F)=C(F)C2F)CC1)c1ccc(C(=O)O)cc1. The van der Waals surface area contributed by atoms with Crippen molar-refractivity contribution in [3.8, 4) is 0 Å². The molecule has 1 amide bonds. The van der Waals surface area contributed by atoms with E-state index in [9.17, 15) is 22.8 Å². The Kier molecular flexibility index (Phi) is 10.3. The smallest absolute Gasteiger partial charge is 0.335 e. The van der Waals surface area contributed by atoms with Gasteiger partial charge in [0.25, 0.3) is 5.91 Å². The number of allylic oxidation sites excluding steroid dienone is 4. The minimum atomic E-state index is -2.09. The van der Waals surface area contributed by atoms with E-state index in [1.165, 1.54) is 23.1 Å². The molecule has 218 valence electrons. The van der Waals surface area contributed by atoms with Crippen LogP contribution in [0.5, 0.6) is 0 Å². The first-order chi connectivity index (χ1) is 19.0. The lowest BCUT2D eigenvalue weighted by molar-refractivity contribution is -0.133. The van der Waals surface area contributed by atoms with E-state index in [0.717, 1.165) is 6.08 Å². The van der Waals surface area contributed by atoms with Gasteiger partial charge in [-0.3, -0.25) is 14.4 Å². The van der Waals surface area contributed by atoms with Gasteiger partial charge in [-0.25, -0.2) is 18.0 Å². The van der Waals surface area contributed by atoms with Gasteiger partial charge in [-0.2, -0.15) is 5.10 Å². The van der Waals surface area contributed by atoms with Crippen LogP contribution >= 0.6 is 0 Å². The number of carbonyl (C=O) groups is 2. The van der Waals surface area contributed by atoms with Crippen molar-refractivity contribution in [1.29, 1.82) is 0 Å². The maximum absolute atomic E-state index is 14.6. The summed E-state index contributed by atoms with van der Waals surface area (Å²) >= 11 is 0. The third kappa shape index (κ3) is 7.19. The summed E-state index contributed by atoms with van der Waals surface area (Å²) in [5.41, 5.74) is 1.31. The van der Waals surface area contributed by atoms with Gasteiger partial charge in [-0.1, -0.05) is 19.9 Å². The van der Waals surface area contributed by atoms with Crippen LogP contribution in [0.3, 0.4) is 0 Å². The molecule has 0 spiro atoms. The van der Waals surface area contributed by atoms with Gasteiger partial charge >= 0.3 is 5.97 Å². The van der Waals surface area contributed by atoms with Crippen molar-refractivity contribution in [2.24, 2.45) is 7.05 Å². The van der Waals surface area contributed by atoms with E-state index in [1.54, 1.807) is 37.1 Å². The predicted octanol–water partition coefficient (Wildman–Crippen LogP) is 5.32. The number of anilines is 1. The van der Waals surface area contributed by atoms with E-state index in [0.29, 0.717) is 49.4 Å². The van der Waals surface area contributed by atoms with Crippen LogP contribution in [0.1, 0.15) is 61.1 Å². The average molecular weight is 563 g/mol. The van der Waals surface area contributed by atoms with Gasteiger partial charge in [0, 0.05) is 57.1 Å². The maximum Gasteiger partial charge on any atom is 0.335 e. The summed E-state index contributed by atoms with van der Waals surface area (Å²) in [5, 5.41) is 13.5. The molecule has 1 N–H and O–H groups in total. The number of ether oxygens (including phenoxy) is 1. The number of carbonyl (C=O) groups excluding carboxylic acids is 1. The summed E-state index contributed by atoms with van der Waals surface area (Å²) in [6.07, 6.45) is 3.14. The fourth-order valence-electron chi connectivity index (χ4n) is 4.71. The van der Waals surface area contributed by atoms with Crippen molar-refractivity contribution < 1.29 is 32.6 Å². The third-order valence-electron chi connectivity index (χ3n) is 7.24. The Morgan fingerprint density at radius 2 is 1.80 bits per heavy atom. The number of aromatic carboxylic acids is 1. The predicted molar refractivity (Wildman–Crippen MR) is 146 cm³/mol. The molecule has 2 aromatic rings. The van der Waals surface area contributed by atoms with Gasteiger partial charge in [0.1, 0.15) is 6.61 Å². The van der Waals surface area contributed by atoms with Crippen LogP contribution in [0.25, 0.3) is 0 Å². The number of likely N-dealkylation sites (N-methyl/N-ethyl adjacent to an activating group) is 1. The van der Waals surface area contributed by atoms with Gasteiger partial charge in [0.05, 0.1) is 16.9 Å². The largest absolute Gasteiger partial charge is 0.478 e. The van der Waals surface area contributed by atoms with E-state index in [2.05, 4.69) is 10.00 Å². The topological polar surface area (TPSA) is 87.9 Å². The summed E-state index contributed by atoms with van der Waals surface area (Å²) in [5.74, 6) is -4.81. The second-order valence-electron chi connectivity index (χ2n) is 10.0. The fraction of sp³-hybridized carbons (Fsp3) is 0.483. The number of alkyl halides is 1. The molecule has 1 fully saturated rings. The zero-order valence-corrected chi connectivity index (χ0v) is 23.5. The molecular weight excluding hydrogens is 525 g/mol. The first kappa shape index (κ1) is 31.1. The quantitative estimate of drug-likeness (QED) is 0.469. The van der Waals surface area contributed by atoms with E-state index >= 15 is 0 Å². The number of benzene rings is 1. The molecule has 40 heavy (non-hydrogen) atoms. The zero-order valence-electron chi connectivity index (χ0n) is 23.5. The van der Waals surface area contributed by atoms with Crippen molar-refractivity contribution in [3.63, 3.8) is 0 Å². The average Bonchev–Trinajstić information content (AvgIpc) is 3.32. The minimum Gasteiger partial charge on any atom is -0.478 e. The number of aromatic nitrogens is 2. The summed E-state index contributed by atoms with van der Waals surface area (Å²) < 4.78 is 49.5. The van der Waals surface area contributed by atoms with Crippen LogP contribution in [-0.2, 0) is 23.1 Å². The normalized spacial score (nSPS) is 20.6. The highest BCUT2D eigenvalue weighted by Gasteiger charge is 2.35. The van der Waals surface area contributed by atoms with Gasteiger partial charge in [-0.05, 0) is 50.1 Å². The molecule has 1 aromatic heterocycles. The lowest BCUT2D eigenvalue weighted by atomic mass is 9.89. The van der Waals surface area contributed by atoms with Gasteiger partial charge in [0.15, 0.2) is 17.8 Å². The lowest BCUT2D eigenvalue weighted by Crippen LogP contribution is -2.45. The minimum absolute atomic E-state index is 0.125. The van der Waals surface area contributed by atoms with Gasteiger partial charge < -0.3 is 14.7 Å². The summed E-state index contributed by atoms with van der Waals surface area (Å²) in [7, 11) is 3.31. The molecule has 2 unspecified atom stereocenters. The second kappa shape index (κ2) is 13.3. The van der Waals surface area contributed by atoms with E-state index < -0.39 is 35.3 Å². The molecule has 1 aliphatic heterocycles. The molecule has 2 heterocycles. The number of halogens is 3. The molecule has 2 aliphatic rings. The van der Waals surface area contributed by atoms with Gasteiger partial charge in [0.2, 0.25) is 0 Å². The van der Waals surface area contributed by atoms with Crippen LogP contribution in [0.2, 0.25) is 0 Å². The molecule has 1 saturated heterocycles. The zero-order chi connectivity index (χ0) is 29.6. The van der Waals surface area contributed by atoms with Crippen molar-refractivity contribution in [2.75, 3.05) is 31.6 Å². The van der Waals surface area contributed by atoms with E-state index in [-0.39, 0.29) is 18.1 Å². The molecule has 2 atom stereocenters. The van der Waals surface area contributed by atoms with E-state index in [1.807, 2.05) is 20.8 Å². The summed E-state index contributed by atoms with van der Waals surface area (Å²) in [4.78, 5) is 27.3. The van der Waals surface area contributed by atoms with Crippen LogP contribution in [0.15, 0.2) is 54.3 Å². The highest BCUT2D eigenvalue weighted by atomic mass is 19.2. The fourth-order valence-corrected chi connectivity index (χ4v) is 4.71. The summed E-state index contributed by atoms with van der Waals surface area (Å²) in [6.45, 7) is 7.55. The number of nitrogens with zero attached hydrogens (tertiary/aromatic N) is 4. The van der Waals surface area contributed by atoms with Crippen LogP contribution in [0.4, 0.5) is 18.9 Å². The molecule has 0 radical (unpaired) electrons. The van der Waals surface area contributed by atoms with Crippen molar-refractivity contribution in [2.45, 2.75) is 57.8 Å². The van der Waals surface area contributed by atoms with Crippen LogP contribution < -0.4 is 4.90 Å². The molecule has 8 nitrogen and oxygen atoms in total.